The topological polar surface area (TPSA) is 65.9 Å². The zero-order valence-corrected chi connectivity index (χ0v) is 18.8. The van der Waals surface area contributed by atoms with Gasteiger partial charge in [0.05, 0.1) is 13.2 Å². The van der Waals surface area contributed by atoms with Crippen LogP contribution in [0.2, 0.25) is 0 Å². The molecule has 2 aromatic carbocycles. The number of rotatable bonds is 6. The normalized spacial score (nSPS) is 15.6. The van der Waals surface area contributed by atoms with Gasteiger partial charge in [0.15, 0.2) is 0 Å². The van der Waals surface area contributed by atoms with Gasteiger partial charge in [-0.25, -0.2) is 4.98 Å². The van der Waals surface area contributed by atoms with Crippen molar-refractivity contribution < 1.29 is 14.6 Å². The Labute approximate surface area is 189 Å². The third-order valence-corrected chi connectivity index (χ3v) is 5.78. The number of aliphatic hydroxyl groups excluding tert-OH is 1. The van der Waals surface area contributed by atoms with Gasteiger partial charge < -0.3 is 19.6 Å². The Morgan fingerprint density at radius 3 is 2.72 bits per heavy atom. The molecule has 3 aromatic rings. The van der Waals surface area contributed by atoms with Gasteiger partial charge in [0.25, 0.3) is 5.91 Å². The van der Waals surface area contributed by atoms with E-state index in [1.165, 1.54) is 0 Å². The van der Waals surface area contributed by atoms with E-state index in [9.17, 15) is 9.90 Å². The van der Waals surface area contributed by atoms with Crippen molar-refractivity contribution in [3.63, 3.8) is 0 Å². The highest BCUT2D eigenvalue weighted by Gasteiger charge is 2.26. The SMILES string of the molecule is Cc1ccc(O[C@H]2CCN(c3ccc(-c4ccccc4C(=O)N(C)C)cc3CO)C2)nc1. The first-order valence-corrected chi connectivity index (χ1v) is 10.9. The fourth-order valence-electron chi connectivity index (χ4n) is 4.09. The lowest BCUT2D eigenvalue weighted by molar-refractivity contribution is 0.0828. The summed E-state index contributed by atoms with van der Waals surface area (Å²) in [5.74, 6) is 0.599. The number of pyridine rings is 1. The van der Waals surface area contributed by atoms with E-state index in [-0.39, 0.29) is 18.6 Å². The first-order chi connectivity index (χ1) is 15.5. The third kappa shape index (κ3) is 4.60. The summed E-state index contributed by atoms with van der Waals surface area (Å²) >= 11 is 0. The Kier molecular flexibility index (Phi) is 6.42. The summed E-state index contributed by atoms with van der Waals surface area (Å²) in [4.78, 5) is 20.8. The van der Waals surface area contributed by atoms with Crippen LogP contribution in [0.3, 0.4) is 0 Å². The molecule has 1 fully saturated rings. The summed E-state index contributed by atoms with van der Waals surface area (Å²) in [5.41, 5.74) is 5.36. The van der Waals surface area contributed by atoms with Crippen LogP contribution in [-0.4, -0.2) is 54.2 Å². The highest BCUT2D eigenvalue weighted by Crippen LogP contribution is 2.32. The zero-order valence-electron chi connectivity index (χ0n) is 18.8. The summed E-state index contributed by atoms with van der Waals surface area (Å²) in [5, 5.41) is 10.1. The standard InChI is InChI=1S/C26H29N3O3/c1-18-8-11-25(27-15-18)32-21-12-13-29(16-21)24-10-9-19(14-20(24)17-30)22-6-4-5-7-23(22)26(31)28(2)3/h4-11,14-15,21,30H,12-13,16-17H2,1-3H3/t21-/m0/s1. The Hall–Kier alpha value is -3.38. The Bertz CT molecular complexity index is 1100. The van der Waals surface area contributed by atoms with Crippen LogP contribution < -0.4 is 9.64 Å². The van der Waals surface area contributed by atoms with Crippen LogP contribution in [0.5, 0.6) is 5.88 Å². The Balaban J connectivity index is 1.55. The van der Waals surface area contributed by atoms with Crippen molar-refractivity contribution in [2.24, 2.45) is 0 Å². The molecule has 0 radical (unpaired) electrons. The maximum Gasteiger partial charge on any atom is 0.253 e. The minimum Gasteiger partial charge on any atom is -0.472 e. The number of carbonyl (C=O) groups excluding carboxylic acids is 1. The largest absolute Gasteiger partial charge is 0.472 e. The maximum atomic E-state index is 12.6. The Morgan fingerprint density at radius 1 is 1.19 bits per heavy atom. The van der Waals surface area contributed by atoms with Crippen molar-refractivity contribution in [2.75, 3.05) is 32.1 Å². The minimum absolute atomic E-state index is 0.0422. The molecule has 4 rings (SSSR count). The van der Waals surface area contributed by atoms with Crippen molar-refractivity contribution in [3.05, 3.63) is 77.5 Å². The number of benzene rings is 2. The van der Waals surface area contributed by atoms with E-state index in [0.29, 0.717) is 11.4 Å². The van der Waals surface area contributed by atoms with E-state index >= 15 is 0 Å². The second kappa shape index (κ2) is 9.40. The van der Waals surface area contributed by atoms with Crippen molar-refractivity contribution in [1.29, 1.82) is 0 Å². The number of hydrogen-bond acceptors (Lipinski definition) is 5. The summed E-state index contributed by atoms with van der Waals surface area (Å²) in [6.07, 6.45) is 2.75. The molecule has 1 amide bonds. The second-order valence-corrected chi connectivity index (χ2v) is 8.40. The fraction of sp³-hybridized carbons (Fsp3) is 0.308. The zero-order chi connectivity index (χ0) is 22.7. The quantitative estimate of drug-likeness (QED) is 0.641. The van der Waals surface area contributed by atoms with Crippen LogP contribution in [0.25, 0.3) is 11.1 Å². The fourth-order valence-corrected chi connectivity index (χ4v) is 4.09. The molecule has 0 aliphatic carbocycles. The molecule has 6 nitrogen and oxygen atoms in total. The molecule has 166 valence electrons. The van der Waals surface area contributed by atoms with E-state index in [4.69, 9.17) is 4.74 Å². The van der Waals surface area contributed by atoms with Crippen molar-refractivity contribution in [3.8, 4) is 17.0 Å². The minimum atomic E-state index is -0.0749. The molecule has 0 unspecified atom stereocenters. The van der Waals surface area contributed by atoms with Gasteiger partial charge in [0, 0.05) is 56.1 Å². The predicted octanol–water partition coefficient (Wildman–Crippen LogP) is 3.91. The Morgan fingerprint density at radius 2 is 2.00 bits per heavy atom. The summed E-state index contributed by atoms with van der Waals surface area (Å²) in [6.45, 7) is 3.51. The van der Waals surface area contributed by atoms with Crippen LogP contribution in [0.15, 0.2) is 60.8 Å². The van der Waals surface area contributed by atoms with E-state index in [0.717, 1.165) is 47.5 Å². The molecule has 1 atom stereocenters. The smallest absolute Gasteiger partial charge is 0.253 e. The lowest BCUT2D eigenvalue weighted by Gasteiger charge is -2.23. The van der Waals surface area contributed by atoms with Crippen molar-refractivity contribution >= 4 is 11.6 Å². The first kappa shape index (κ1) is 21.8. The highest BCUT2D eigenvalue weighted by molar-refractivity contribution is 6.00. The third-order valence-electron chi connectivity index (χ3n) is 5.78. The number of amides is 1. The number of aryl methyl sites for hydroxylation is 1. The second-order valence-electron chi connectivity index (χ2n) is 8.40. The van der Waals surface area contributed by atoms with Crippen LogP contribution in [0.1, 0.15) is 27.9 Å². The maximum absolute atomic E-state index is 12.6. The molecular weight excluding hydrogens is 402 g/mol. The molecule has 0 bridgehead atoms. The number of nitrogens with zero attached hydrogens (tertiary/aromatic N) is 3. The number of hydrogen-bond donors (Lipinski definition) is 1. The average Bonchev–Trinajstić information content (AvgIpc) is 3.27. The number of anilines is 1. The summed E-state index contributed by atoms with van der Waals surface area (Å²) in [7, 11) is 3.50. The van der Waals surface area contributed by atoms with Gasteiger partial charge in [-0.1, -0.05) is 30.3 Å². The van der Waals surface area contributed by atoms with Crippen LogP contribution in [0.4, 0.5) is 5.69 Å². The number of carbonyl (C=O) groups is 1. The molecule has 32 heavy (non-hydrogen) atoms. The van der Waals surface area contributed by atoms with E-state index in [1.54, 1.807) is 19.0 Å². The van der Waals surface area contributed by atoms with Gasteiger partial charge in [-0.05, 0) is 41.8 Å². The van der Waals surface area contributed by atoms with E-state index in [2.05, 4.69) is 9.88 Å². The highest BCUT2D eigenvalue weighted by atomic mass is 16.5. The lowest BCUT2D eigenvalue weighted by Crippen LogP contribution is -2.25. The van der Waals surface area contributed by atoms with E-state index < -0.39 is 0 Å². The van der Waals surface area contributed by atoms with Gasteiger partial charge >= 0.3 is 0 Å². The van der Waals surface area contributed by atoms with Gasteiger partial charge in [0.2, 0.25) is 5.88 Å². The van der Waals surface area contributed by atoms with E-state index in [1.807, 2.05) is 67.7 Å². The molecular formula is C26H29N3O3. The van der Waals surface area contributed by atoms with Gasteiger partial charge in [-0.15, -0.1) is 0 Å². The molecule has 2 heterocycles. The molecule has 1 aliphatic rings. The van der Waals surface area contributed by atoms with Crippen LogP contribution >= 0.6 is 0 Å². The summed E-state index contributed by atoms with van der Waals surface area (Å²) in [6, 6.07) is 17.5. The molecule has 0 spiro atoms. The molecule has 1 aliphatic heterocycles. The molecule has 6 heteroatoms. The van der Waals surface area contributed by atoms with Crippen LogP contribution in [-0.2, 0) is 6.61 Å². The summed E-state index contributed by atoms with van der Waals surface area (Å²) < 4.78 is 6.06. The van der Waals surface area contributed by atoms with Gasteiger partial charge in [-0.3, -0.25) is 4.79 Å². The molecule has 1 N–H and O–H groups in total. The average molecular weight is 432 g/mol. The predicted molar refractivity (Wildman–Crippen MR) is 126 cm³/mol. The van der Waals surface area contributed by atoms with Crippen LogP contribution in [0, 0.1) is 6.92 Å². The number of ether oxygens (including phenoxy) is 1. The monoisotopic (exact) mass is 431 g/mol. The first-order valence-electron chi connectivity index (χ1n) is 10.9. The molecule has 0 saturated carbocycles. The lowest BCUT2D eigenvalue weighted by atomic mass is 9.96. The van der Waals surface area contributed by atoms with Crippen molar-refractivity contribution in [2.45, 2.75) is 26.1 Å². The number of aliphatic hydroxyl groups is 1. The molecule has 1 saturated heterocycles. The molecule has 1 aromatic heterocycles. The van der Waals surface area contributed by atoms with Crippen molar-refractivity contribution in [1.82, 2.24) is 9.88 Å². The van der Waals surface area contributed by atoms with Gasteiger partial charge in [-0.2, -0.15) is 0 Å². The van der Waals surface area contributed by atoms with Gasteiger partial charge in [0.1, 0.15) is 6.10 Å². The number of aromatic nitrogens is 1.